The number of hydrogen-bond acceptors (Lipinski definition) is 4. The van der Waals surface area contributed by atoms with Crippen LogP contribution in [0.5, 0.6) is 0 Å². The van der Waals surface area contributed by atoms with Gasteiger partial charge in [-0.15, -0.1) is 0 Å². The van der Waals surface area contributed by atoms with Gasteiger partial charge in [0.1, 0.15) is 0 Å². The molecule has 0 aromatic rings. The van der Waals surface area contributed by atoms with Crippen LogP contribution in [0.25, 0.3) is 0 Å². The number of amides is 2. The first-order valence-electron chi connectivity index (χ1n) is 6.84. The van der Waals surface area contributed by atoms with Crippen LogP contribution in [0.3, 0.4) is 0 Å². The number of carbonyl (C=O) groups excluding carboxylic acids is 1. The molecule has 7 nitrogen and oxygen atoms in total. The van der Waals surface area contributed by atoms with E-state index < -0.39 is 11.4 Å². The van der Waals surface area contributed by atoms with Crippen LogP contribution >= 0.6 is 0 Å². The second kappa shape index (κ2) is 6.90. The fourth-order valence-corrected chi connectivity index (χ4v) is 1.93. The maximum absolute atomic E-state index is 12.1. The molecule has 2 amide bonds. The fraction of sp³-hybridized carbons (Fsp3) is 0.846. The highest BCUT2D eigenvalue weighted by Crippen LogP contribution is 2.20. The van der Waals surface area contributed by atoms with Gasteiger partial charge < -0.3 is 25.2 Å². The summed E-state index contributed by atoms with van der Waals surface area (Å²) in [4.78, 5) is 24.9. The predicted octanol–water partition coefficient (Wildman–Crippen LogP) is 0.279. The summed E-state index contributed by atoms with van der Waals surface area (Å²) < 4.78 is 5.36. The monoisotopic (exact) mass is 288 g/mol. The van der Waals surface area contributed by atoms with Gasteiger partial charge in [0.25, 0.3) is 0 Å². The molecule has 1 fully saturated rings. The maximum Gasteiger partial charge on any atom is 0.317 e. The van der Waals surface area contributed by atoms with Gasteiger partial charge in [-0.25, -0.2) is 4.79 Å². The normalized spacial score (nSPS) is 25.9. The minimum absolute atomic E-state index is 0.0749. The first kappa shape index (κ1) is 16.7. The summed E-state index contributed by atoms with van der Waals surface area (Å²) in [6.45, 7) is 5.84. The summed E-state index contributed by atoms with van der Waals surface area (Å²) in [6.07, 6.45) is 0.0505. The van der Waals surface area contributed by atoms with E-state index in [1.807, 2.05) is 6.92 Å². The van der Waals surface area contributed by atoms with E-state index in [9.17, 15) is 9.59 Å². The molecule has 3 N–H and O–H groups in total. The number of nitrogens with zero attached hydrogens (tertiary/aromatic N) is 1. The highest BCUT2D eigenvalue weighted by atomic mass is 16.5. The number of aliphatic hydroxyl groups excluding tert-OH is 1. The van der Waals surface area contributed by atoms with Crippen LogP contribution < -0.4 is 5.32 Å². The lowest BCUT2D eigenvalue weighted by atomic mass is 9.88. The number of aliphatic carboxylic acids is 1. The van der Waals surface area contributed by atoms with Crippen molar-refractivity contribution in [3.63, 3.8) is 0 Å². The Balaban J connectivity index is 2.59. The first-order chi connectivity index (χ1) is 9.34. The van der Waals surface area contributed by atoms with Crippen LogP contribution in [0.15, 0.2) is 0 Å². The number of nitrogens with one attached hydrogen (secondary N) is 1. The summed E-state index contributed by atoms with van der Waals surface area (Å²) in [5, 5.41) is 20.9. The summed E-state index contributed by atoms with van der Waals surface area (Å²) in [6, 6.07) is -0.421. The zero-order valence-electron chi connectivity index (χ0n) is 12.3. The van der Waals surface area contributed by atoms with Crippen LogP contribution in [0, 0.1) is 5.41 Å². The number of urea groups is 1. The Bertz CT molecular complexity index is 363. The number of hydrogen-bond donors (Lipinski definition) is 3. The second-order valence-electron chi connectivity index (χ2n) is 5.52. The molecular weight excluding hydrogens is 264 g/mol. The van der Waals surface area contributed by atoms with E-state index >= 15 is 0 Å². The van der Waals surface area contributed by atoms with Crippen molar-refractivity contribution in [2.75, 3.05) is 26.3 Å². The molecule has 0 radical (unpaired) electrons. The summed E-state index contributed by atoms with van der Waals surface area (Å²) in [7, 11) is 0. The van der Waals surface area contributed by atoms with E-state index in [0.717, 1.165) is 0 Å². The Hall–Kier alpha value is -1.34. The molecule has 3 unspecified atom stereocenters. The molecule has 0 aliphatic carbocycles. The summed E-state index contributed by atoms with van der Waals surface area (Å²) in [5.74, 6) is -0.927. The van der Waals surface area contributed by atoms with E-state index in [1.54, 1.807) is 18.7 Å². The minimum Gasteiger partial charge on any atom is -0.481 e. The molecule has 1 saturated heterocycles. The smallest absolute Gasteiger partial charge is 0.317 e. The number of carboxylic acids is 1. The quantitative estimate of drug-likeness (QED) is 0.675. The van der Waals surface area contributed by atoms with E-state index in [-0.39, 0.29) is 31.3 Å². The Kier molecular flexibility index (Phi) is 5.76. The highest BCUT2D eigenvalue weighted by Gasteiger charge is 2.34. The van der Waals surface area contributed by atoms with Crippen LogP contribution in [0.1, 0.15) is 27.2 Å². The minimum atomic E-state index is -0.971. The third-order valence-corrected chi connectivity index (χ3v) is 3.90. The molecule has 0 bridgehead atoms. The molecule has 1 heterocycles. The molecule has 1 aliphatic heterocycles. The molecular formula is C13H24N2O5. The van der Waals surface area contributed by atoms with Gasteiger partial charge in [-0.05, 0) is 20.3 Å². The molecule has 116 valence electrons. The van der Waals surface area contributed by atoms with Crippen LogP contribution in [-0.2, 0) is 9.53 Å². The third-order valence-electron chi connectivity index (χ3n) is 3.90. The average molecular weight is 288 g/mol. The highest BCUT2D eigenvalue weighted by molar-refractivity contribution is 5.78. The molecule has 3 atom stereocenters. The van der Waals surface area contributed by atoms with Crippen LogP contribution in [0.2, 0.25) is 0 Å². The van der Waals surface area contributed by atoms with E-state index in [0.29, 0.717) is 19.6 Å². The number of rotatable bonds is 5. The maximum atomic E-state index is 12.1. The Morgan fingerprint density at radius 3 is 2.65 bits per heavy atom. The van der Waals surface area contributed by atoms with Crippen molar-refractivity contribution >= 4 is 12.0 Å². The number of morpholine rings is 1. The number of aliphatic hydroxyl groups is 1. The van der Waals surface area contributed by atoms with Crippen LogP contribution in [0.4, 0.5) is 4.79 Å². The predicted molar refractivity (Wildman–Crippen MR) is 72.4 cm³/mol. The van der Waals surface area contributed by atoms with Crippen molar-refractivity contribution in [3.8, 4) is 0 Å². The molecule has 1 rings (SSSR count). The number of carboxylic acid groups (broad SMARTS) is 1. The lowest BCUT2D eigenvalue weighted by molar-refractivity contribution is -0.147. The van der Waals surface area contributed by atoms with Gasteiger partial charge in [-0.3, -0.25) is 4.79 Å². The first-order valence-corrected chi connectivity index (χ1v) is 6.84. The zero-order chi connectivity index (χ0) is 15.3. The average Bonchev–Trinajstić information content (AvgIpc) is 2.44. The molecule has 7 heteroatoms. The summed E-state index contributed by atoms with van der Waals surface area (Å²) in [5.41, 5.74) is -0.971. The van der Waals surface area contributed by atoms with E-state index in [1.165, 1.54) is 0 Å². The topological polar surface area (TPSA) is 99.1 Å². The van der Waals surface area contributed by atoms with Gasteiger partial charge in [-0.2, -0.15) is 0 Å². The van der Waals surface area contributed by atoms with E-state index in [2.05, 4.69) is 5.32 Å². The van der Waals surface area contributed by atoms with Crippen molar-refractivity contribution < 1.29 is 24.5 Å². The Labute approximate surface area is 118 Å². The zero-order valence-corrected chi connectivity index (χ0v) is 12.3. The van der Waals surface area contributed by atoms with Crippen molar-refractivity contribution in [2.45, 2.75) is 39.3 Å². The van der Waals surface area contributed by atoms with Crippen molar-refractivity contribution in [1.29, 1.82) is 0 Å². The van der Waals surface area contributed by atoms with Gasteiger partial charge in [0.05, 0.1) is 37.3 Å². The molecule has 20 heavy (non-hydrogen) atoms. The molecule has 0 aromatic heterocycles. The number of ether oxygens (including phenoxy) is 1. The summed E-state index contributed by atoms with van der Waals surface area (Å²) >= 11 is 0. The largest absolute Gasteiger partial charge is 0.481 e. The van der Waals surface area contributed by atoms with Gasteiger partial charge in [0.15, 0.2) is 0 Å². The SMILES string of the molecule is CCC(C)(CNC(=O)N1CC(CO)OCC1C)C(=O)O. The number of carbonyl (C=O) groups is 2. The molecule has 0 saturated carbocycles. The molecule has 0 aromatic carbocycles. The third kappa shape index (κ3) is 3.83. The van der Waals surface area contributed by atoms with Gasteiger partial charge >= 0.3 is 12.0 Å². The van der Waals surface area contributed by atoms with Crippen molar-refractivity contribution in [3.05, 3.63) is 0 Å². The van der Waals surface area contributed by atoms with E-state index in [4.69, 9.17) is 14.9 Å². The second-order valence-corrected chi connectivity index (χ2v) is 5.52. The standard InChI is InChI=1S/C13H24N2O5/c1-4-13(3,11(17)18)8-14-12(19)15-5-10(6-16)20-7-9(15)2/h9-10,16H,4-8H2,1-3H3,(H,14,19)(H,17,18). The molecule has 1 aliphatic rings. The lowest BCUT2D eigenvalue weighted by Gasteiger charge is -2.38. The molecule has 0 spiro atoms. The van der Waals surface area contributed by atoms with Gasteiger partial charge in [0.2, 0.25) is 0 Å². The van der Waals surface area contributed by atoms with Crippen LogP contribution in [-0.4, -0.2) is 65.6 Å². The fourth-order valence-electron chi connectivity index (χ4n) is 1.93. The van der Waals surface area contributed by atoms with Crippen molar-refractivity contribution in [1.82, 2.24) is 10.2 Å². The Morgan fingerprint density at radius 2 is 2.15 bits per heavy atom. The Morgan fingerprint density at radius 1 is 1.50 bits per heavy atom. The lowest BCUT2D eigenvalue weighted by Crippen LogP contribution is -2.56. The van der Waals surface area contributed by atoms with Gasteiger partial charge in [0, 0.05) is 6.54 Å². The van der Waals surface area contributed by atoms with Crippen molar-refractivity contribution in [2.24, 2.45) is 5.41 Å². The van der Waals surface area contributed by atoms with Gasteiger partial charge in [-0.1, -0.05) is 6.92 Å².